The molecular weight excluding hydrogens is 370 g/mol. The maximum absolute atomic E-state index is 13.0. The fourth-order valence-electron chi connectivity index (χ4n) is 4.19. The van der Waals surface area contributed by atoms with Gasteiger partial charge >= 0.3 is 6.03 Å². The Morgan fingerprint density at radius 1 is 1.12 bits per heavy atom. The van der Waals surface area contributed by atoms with Crippen molar-refractivity contribution in [3.05, 3.63) is 44.6 Å². The number of rotatable bonds is 2. The van der Waals surface area contributed by atoms with Crippen LogP contribution in [0.15, 0.2) is 26.8 Å². The maximum atomic E-state index is 13.0. The molecule has 1 aromatic carbocycles. The Kier molecular flexibility index (Phi) is 3.48. The smallest absolute Gasteiger partial charge is 0.307 e. The number of amides is 3. The zero-order chi connectivity index (χ0) is 17.9. The van der Waals surface area contributed by atoms with Gasteiger partial charge < -0.3 is 5.32 Å². The second kappa shape index (κ2) is 5.65. The van der Waals surface area contributed by atoms with E-state index in [0.29, 0.717) is 9.77 Å². The first-order chi connectivity index (χ1) is 12.5. The molecule has 0 saturated carbocycles. The zero-order valence-corrected chi connectivity index (χ0v) is 15.6. The lowest BCUT2D eigenvalue weighted by molar-refractivity contribution is 0.101. The second-order valence-electron chi connectivity index (χ2n) is 6.83. The van der Waals surface area contributed by atoms with E-state index < -0.39 is 21.9 Å². The Balaban J connectivity index is 1.47. The summed E-state index contributed by atoms with van der Waals surface area (Å²) in [6.07, 6.45) is 6.16. The third-order valence-electron chi connectivity index (χ3n) is 5.28. The van der Waals surface area contributed by atoms with Gasteiger partial charge in [-0.3, -0.25) is 4.79 Å². The van der Waals surface area contributed by atoms with E-state index in [1.54, 1.807) is 11.4 Å². The Morgan fingerprint density at radius 3 is 2.50 bits per heavy atom. The van der Waals surface area contributed by atoms with Crippen molar-refractivity contribution < 1.29 is 13.8 Å². The van der Waals surface area contributed by atoms with Crippen molar-refractivity contribution in [1.82, 2.24) is 4.72 Å². The Morgan fingerprint density at radius 2 is 1.81 bits per heavy atom. The Labute approximate surface area is 155 Å². The monoisotopic (exact) mass is 387 g/mol. The molecule has 3 aliphatic rings. The fourth-order valence-corrected chi connectivity index (χ4v) is 6.96. The van der Waals surface area contributed by atoms with Gasteiger partial charge in [0.25, 0.3) is 5.91 Å². The van der Waals surface area contributed by atoms with Crippen LogP contribution in [0.3, 0.4) is 0 Å². The minimum absolute atomic E-state index is 0.311. The number of hydrogen-bond donors (Lipinski definition) is 2. The number of urea groups is 1. The summed E-state index contributed by atoms with van der Waals surface area (Å²) in [5, 5.41) is 4.62. The number of nitrogens with one attached hydrogen (secondary N) is 2. The molecule has 134 valence electrons. The van der Waals surface area contributed by atoms with Crippen LogP contribution in [0, 0.1) is 0 Å². The van der Waals surface area contributed by atoms with Gasteiger partial charge in [0.1, 0.15) is 4.88 Å². The summed E-state index contributed by atoms with van der Waals surface area (Å²) >= 11 is 1.19. The average Bonchev–Trinajstić information content (AvgIpc) is 3.35. The summed E-state index contributed by atoms with van der Waals surface area (Å²) in [6, 6.07) is 3.31. The van der Waals surface area contributed by atoms with Crippen LogP contribution in [-0.2, 0) is 35.6 Å². The van der Waals surface area contributed by atoms with E-state index in [9.17, 15) is 13.8 Å². The molecule has 1 unspecified atom stereocenters. The number of fused-ring (bicyclic) bond motifs is 3. The quantitative estimate of drug-likeness (QED) is 0.827. The van der Waals surface area contributed by atoms with Crippen LogP contribution in [0.5, 0.6) is 0 Å². The molecule has 0 spiro atoms. The summed E-state index contributed by atoms with van der Waals surface area (Å²) in [4.78, 5) is 25.2. The van der Waals surface area contributed by atoms with Crippen LogP contribution in [0.25, 0.3) is 0 Å². The van der Waals surface area contributed by atoms with Crippen LogP contribution >= 0.6 is 11.3 Å². The van der Waals surface area contributed by atoms with Crippen LogP contribution in [-0.4, -0.2) is 16.1 Å². The van der Waals surface area contributed by atoms with Crippen molar-refractivity contribution in [2.45, 2.75) is 43.4 Å². The van der Waals surface area contributed by atoms with Crippen molar-refractivity contribution in [2.24, 2.45) is 4.36 Å². The van der Waals surface area contributed by atoms with E-state index in [1.807, 2.05) is 0 Å². The van der Waals surface area contributed by atoms with E-state index in [2.05, 4.69) is 20.5 Å². The predicted molar refractivity (Wildman–Crippen MR) is 100 cm³/mol. The van der Waals surface area contributed by atoms with E-state index in [4.69, 9.17) is 0 Å². The van der Waals surface area contributed by atoms with E-state index in [-0.39, 0.29) is 0 Å². The molecule has 0 bridgehead atoms. The first kappa shape index (κ1) is 16.0. The molecule has 2 aromatic rings. The lowest BCUT2D eigenvalue weighted by Gasteiger charge is -2.17. The third-order valence-corrected chi connectivity index (χ3v) is 8.13. The average molecular weight is 387 g/mol. The molecule has 2 heterocycles. The predicted octanol–water partition coefficient (Wildman–Crippen LogP) is 3.44. The van der Waals surface area contributed by atoms with Crippen molar-refractivity contribution >= 4 is 38.9 Å². The molecule has 8 heteroatoms. The van der Waals surface area contributed by atoms with Gasteiger partial charge in [-0.25, -0.2) is 13.7 Å². The highest BCUT2D eigenvalue weighted by atomic mass is 32.2. The van der Waals surface area contributed by atoms with Gasteiger partial charge in [0.15, 0.2) is 9.92 Å². The summed E-state index contributed by atoms with van der Waals surface area (Å²) in [5.74, 6) is -0.526. The highest BCUT2D eigenvalue weighted by molar-refractivity contribution is 7.93. The first-order valence-electron chi connectivity index (χ1n) is 8.69. The molecule has 26 heavy (non-hydrogen) atoms. The highest BCUT2D eigenvalue weighted by Crippen LogP contribution is 2.38. The van der Waals surface area contributed by atoms with Crippen molar-refractivity contribution in [2.75, 3.05) is 5.32 Å². The molecule has 0 saturated heterocycles. The van der Waals surface area contributed by atoms with Gasteiger partial charge in [-0.2, -0.15) is 0 Å². The number of anilines is 1. The van der Waals surface area contributed by atoms with Crippen molar-refractivity contribution in [1.29, 1.82) is 0 Å². The lowest BCUT2D eigenvalue weighted by atomic mass is 9.99. The molecule has 6 nitrogen and oxygen atoms in total. The highest BCUT2D eigenvalue weighted by Gasteiger charge is 2.32. The number of aryl methyl sites for hydroxylation is 2. The van der Waals surface area contributed by atoms with Crippen molar-refractivity contribution in [3.63, 3.8) is 0 Å². The van der Waals surface area contributed by atoms with Gasteiger partial charge in [-0.1, -0.05) is 6.07 Å². The second-order valence-corrected chi connectivity index (χ2v) is 9.62. The van der Waals surface area contributed by atoms with Crippen LogP contribution < -0.4 is 10.0 Å². The van der Waals surface area contributed by atoms with Crippen LogP contribution in [0.4, 0.5) is 10.5 Å². The molecule has 1 aliphatic heterocycles. The zero-order valence-electron chi connectivity index (χ0n) is 14.0. The lowest BCUT2D eigenvalue weighted by Crippen LogP contribution is -2.34. The fraction of sp³-hybridized carbons (Fsp3) is 0.333. The van der Waals surface area contributed by atoms with Gasteiger partial charge in [0.2, 0.25) is 0 Å². The van der Waals surface area contributed by atoms with E-state index >= 15 is 0 Å². The number of nitrogens with zero attached hydrogens (tertiary/aromatic N) is 1. The van der Waals surface area contributed by atoms with Gasteiger partial charge in [0, 0.05) is 5.69 Å². The molecule has 1 atom stereocenters. The summed E-state index contributed by atoms with van der Waals surface area (Å²) in [5.41, 5.74) is 5.90. The summed E-state index contributed by atoms with van der Waals surface area (Å²) in [7, 11) is -3.24. The standard InChI is InChI=1S/C18H17N3O3S2/c22-17-16-14(7-8-25-16)26(24,20-17)21-18(23)19-15-12-5-1-3-10(12)9-11-4-2-6-13(11)15/h7-9H,1-6H2,(H2,19,20,21,22,23,24). The van der Waals surface area contributed by atoms with Crippen LogP contribution in [0.2, 0.25) is 0 Å². The third kappa shape index (κ3) is 2.32. The summed E-state index contributed by atoms with van der Waals surface area (Å²) < 4.78 is 19.2. The number of hydrogen-bond acceptors (Lipinski definition) is 4. The Hall–Kier alpha value is -2.19. The molecule has 5 rings (SSSR count). The molecule has 1 aromatic heterocycles. The molecule has 0 fully saturated rings. The van der Waals surface area contributed by atoms with Crippen LogP contribution in [0.1, 0.15) is 44.8 Å². The minimum Gasteiger partial charge on any atom is -0.307 e. The number of carbonyl (C=O) groups is 2. The SMILES string of the molecule is O=C(Nc1c2c(cc3c1CCC3)CCC2)NS1(=O)=NC(=O)c2sccc21. The van der Waals surface area contributed by atoms with Crippen molar-refractivity contribution in [3.8, 4) is 0 Å². The first-order valence-corrected chi connectivity index (χ1v) is 11.1. The molecule has 0 radical (unpaired) electrons. The minimum atomic E-state index is -3.24. The van der Waals surface area contributed by atoms with E-state index in [0.717, 1.165) is 44.2 Å². The Bertz CT molecular complexity index is 1060. The normalized spacial score (nSPS) is 22.5. The number of benzene rings is 1. The number of thiophene rings is 1. The largest absolute Gasteiger partial charge is 0.331 e. The molecular formula is C18H17N3O3S2. The maximum Gasteiger partial charge on any atom is 0.331 e. The molecule has 3 amide bonds. The van der Waals surface area contributed by atoms with E-state index in [1.165, 1.54) is 33.6 Å². The van der Waals surface area contributed by atoms with Gasteiger partial charge in [-0.15, -0.1) is 15.7 Å². The molecule has 2 N–H and O–H groups in total. The van der Waals surface area contributed by atoms with Gasteiger partial charge in [0.05, 0.1) is 4.90 Å². The molecule has 2 aliphatic carbocycles. The van der Waals surface area contributed by atoms with Gasteiger partial charge in [-0.05, 0) is 72.2 Å². The topological polar surface area (TPSA) is 87.6 Å². The summed E-state index contributed by atoms with van der Waals surface area (Å²) in [6.45, 7) is 0. The number of carbonyl (C=O) groups excluding carboxylic acids is 2.